The molecule has 1 aliphatic carbocycles. The number of pyridine rings is 1. The monoisotopic (exact) mass is 408 g/mol. The Kier molecular flexibility index (Phi) is 5.89. The van der Waals surface area contributed by atoms with E-state index in [4.69, 9.17) is 0 Å². The maximum atomic E-state index is 12.4. The largest absolute Gasteiger partial charge is 0.393 e. The molecule has 1 aromatic carbocycles. The molecular formula is C21H24N6O3. The minimum Gasteiger partial charge on any atom is -0.393 e. The number of carbonyl (C=O) groups excluding carboxylic acids is 1. The normalized spacial score (nSPS) is 18.7. The summed E-state index contributed by atoms with van der Waals surface area (Å²) in [6, 6.07) is 12.1. The molecule has 4 rings (SSSR count). The molecule has 2 atom stereocenters. The standard InChI is InChI=1S/C21H24N6O3/c28-17-6-2-1-5-15(17)13-23-19(29)14-8-10-16(11-9-14)24-20-25-21(30)27(26-20)18-7-3-4-12-22-18/h3-4,7-12,15,17,28H,1-2,5-6,13H2,(H,23,29)(H2,24,25,26,30). The van der Waals surface area contributed by atoms with Gasteiger partial charge in [-0.15, -0.1) is 5.10 Å². The number of aromatic nitrogens is 4. The highest BCUT2D eigenvalue weighted by atomic mass is 16.3. The average Bonchev–Trinajstić information content (AvgIpc) is 3.14. The number of nitrogens with zero attached hydrogens (tertiary/aromatic N) is 3. The molecule has 0 bridgehead atoms. The van der Waals surface area contributed by atoms with Crippen LogP contribution in [0, 0.1) is 5.92 Å². The molecule has 0 radical (unpaired) electrons. The van der Waals surface area contributed by atoms with Crippen LogP contribution in [0.1, 0.15) is 36.0 Å². The van der Waals surface area contributed by atoms with Crippen molar-refractivity contribution in [3.05, 3.63) is 64.7 Å². The van der Waals surface area contributed by atoms with Crippen molar-refractivity contribution in [2.24, 2.45) is 5.92 Å². The first-order valence-corrected chi connectivity index (χ1v) is 10.0. The summed E-state index contributed by atoms with van der Waals surface area (Å²) in [7, 11) is 0. The summed E-state index contributed by atoms with van der Waals surface area (Å²) in [6.45, 7) is 0.478. The van der Waals surface area contributed by atoms with E-state index in [1.807, 2.05) is 0 Å². The van der Waals surface area contributed by atoms with Crippen LogP contribution >= 0.6 is 0 Å². The lowest BCUT2D eigenvalue weighted by molar-refractivity contribution is 0.0663. The molecule has 1 saturated carbocycles. The zero-order chi connectivity index (χ0) is 20.9. The van der Waals surface area contributed by atoms with Gasteiger partial charge < -0.3 is 15.7 Å². The van der Waals surface area contributed by atoms with Gasteiger partial charge >= 0.3 is 5.69 Å². The Morgan fingerprint density at radius 1 is 1.17 bits per heavy atom. The van der Waals surface area contributed by atoms with Gasteiger partial charge in [-0.05, 0) is 49.2 Å². The second-order valence-electron chi connectivity index (χ2n) is 7.40. The highest BCUT2D eigenvalue weighted by molar-refractivity contribution is 5.94. The Morgan fingerprint density at radius 2 is 1.97 bits per heavy atom. The van der Waals surface area contributed by atoms with Gasteiger partial charge in [0, 0.05) is 29.9 Å². The third kappa shape index (κ3) is 4.57. The van der Waals surface area contributed by atoms with Crippen LogP contribution in [-0.4, -0.2) is 43.4 Å². The van der Waals surface area contributed by atoms with Gasteiger partial charge in [0.15, 0.2) is 5.82 Å². The summed E-state index contributed by atoms with van der Waals surface area (Å²) >= 11 is 0. The second kappa shape index (κ2) is 8.91. The fourth-order valence-corrected chi connectivity index (χ4v) is 3.61. The Hall–Kier alpha value is -3.46. The van der Waals surface area contributed by atoms with Crippen LogP contribution in [0.4, 0.5) is 11.6 Å². The molecule has 9 nitrogen and oxygen atoms in total. The third-order valence-electron chi connectivity index (χ3n) is 5.29. The van der Waals surface area contributed by atoms with Crippen molar-refractivity contribution in [2.75, 3.05) is 11.9 Å². The first-order chi connectivity index (χ1) is 14.6. The Balaban J connectivity index is 1.37. The van der Waals surface area contributed by atoms with Crippen molar-refractivity contribution < 1.29 is 9.90 Å². The number of nitrogens with one attached hydrogen (secondary N) is 3. The number of hydrogen-bond donors (Lipinski definition) is 4. The molecule has 30 heavy (non-hydrogen) atoms. The van der Waals surface area contributed by atoms with Crippen LogP contribution in [0.25, 0.3) is 5.82 Å². The quantitative estimate of drug-likeness (QED) is 0.494. The van der Waals surface area contributed by atoms with E-state index in [0.717, 1.165) is 25.7 Å². The lowest BCUT2D eigenvalue weighted by atomic mass is 9.86. The summed E-state index contributed by atoms with van der Waals surface area (Å²) in [5.41, 5.74) is 0.798. The van der Waals surface area contributed by atoms with Crippen molar-refractivity contribution in [1.82, 2.24) is 25.1 Å². The molecule has 156 valence electrons. The van der Waals surface area contributed by atoms with Crippen LogP contribution in [0.5, 0.6) is 0 Å². The molecule has 2 aromatic heterocycles. The highest BCUT2D eigenvalue weighted by Crippen LogP contribution is 2.23. The number of benzene rings is 1. The summed E-state index contributed by atoms with van der Waals surface area (Å²) < 4.78 is 1.17. The molecule has 2 heterocycles. The number of anilines is 2. The van der Waals surface area contributed by atoms with Crippen LogP contribution < -0.4 is 16.3 Å². The van der Waals surface area contributed by atoms with E-state index in [0.29, 0.717) is 23.6 Å². The molecule has 4 N–H and O–H groups in total. The van der Waals surface area contributed by atoms with Crippen LogP contribution in [-0.2, 0) is 0 Å². The van der Waals surface area contributed by atoms with Crippen molar-refractivity contribution in [2.45, 2.75) is 31.8 Å². The summed E-state index contributed by atoms with van der Waals surface area (Å²) in [5, 5.41) is 20.1. The SMILES string of the molecule is O=C(NCC1CCCCC1O)c1ccc(Nc2nn(-c3ccccn3)c(=O)[nH]2)cc1. The van der Waals surface area contributed by atoms with E-state index in [1.54, 1.807) is 48.7 Å². The van der Waals surface area contributed by atoms with E-state index in [2.05, 4.69) is 25.7 Å². The van der Waals surface area contributed by atoms with Crippen molar-refractivity contribution in [3.8, 4) is 5.82 Å². The number of aliphatic hydroxyl groups excluding tert-OH is 1. The maximum Gasteiger partial charge on any atom is 0.350 e. The van der Waals surface area contributed by atoms with Gasteiger partial charge in [-0.25, -0.2) is 9.78 Å². The molecule has 1 aliphatic rings. The lowest BCUT2D eigenvalue weighted by Crippen LogP contribution is -2.36. The highest BCUT2D eigenvalue weighted by Gasteiger charge is 2.23. The molecule has 0 spiro atoms. The summed E-state index contributed by atoms with van der Waals surface area (Å²) in [5.74, 6) is 0.637. The van der Waals surface area contributed by atoms with Gasteiger partial charge in [0.1, 0.15) is 0 Å². The van der Waals surface area contributed by atoms with E-state index in [1.165, 1.54) is 4.68 Å². The van der Waals surface area contributed by atoms with Gasteiger partial charge in [0.05, 0.1) is 6.10 Å². The van der Waals surface area contributed by atoms with Crippen LogP contribution in [0.2, 0.25) is 0 Å². The minimum absolute atomic E-state index is 0.120. The number of hydrogen-bond acceptors (Lipinski definition) is 6. The first kappa shape index (κ1) is 19.8. The maximum absolute atomic E-state index is 12.4. The molecule has 3 aromatic rings. The van der Waals surface area contributed by atoms with E-state index >= 15 is 0 Å². The van der Waals surface area contributed by atoms with Crippen LogP contribution in [0.3, 0.4) is 0 Å². The zero-order valence-corrected chi connectivity index (χ0v) is 16.4. The first-order valence-electron chi connectivity index (χ1n) is 10.0. The molecule has 0 aliphatic heterocycles. The summed E-state index contributed by atoms with van der Waals surface area (Å²) in [4.78, 5) is 31.2. The van der Waals surface area contributed by atoms with Gasteiger partial charge in [-0.3, -0.25) is 9.78 Å². The van der Waals surface area contributed by atoms with Crippen molar-refractivity contribution >= 4 is 17.5 Å². The van der Waals surface area contributed by atoms with Gasteiger partial charge in [-0.1, -0.05) is 18.9 Å². The number of aromatic amines is 1. The van der Waals surface area contributed by atoms with Crippen molar-refractivity contribution in [1.29, 1.82) is 0 Å². The topological polar surface area (TPSA) is 125 Å². The fourth-order valence-electron chi connectivity index (χ4n) is 3.61. The number of H-pyrrole nitrogens is 1. The number of amides is 1. The van der Waals surface area contributed by atoms with Gasteiger partial charge in [0.2, 0.25) is 5.95 Å². The molecule has 2 unspecified atom stereocenters. The van der Waals surface area contributed by atoms with Gasteiger partial charge in [0.25, 0.3) is 5.91 Å². The van der Waals surface area contributed by atoms with Crippen molar-refractivity contribution in [3.63, 3.8) is 0 Å². The number of carbonyl (C=O) groups is 1. The Bertz CT molecular complexity index is 1040. The Labute approximate surface area is 173 Å². The molecule has 9 heteroatoms. The zero-order valence-electron chi connectivity index (χ0n) is 16.4. The average molecular weight is 408 g/mol. The Morgan fingerprint density at radius 3 is 2.70 bits per heavy atom. The predicted octanol–water partition coefficient (Wildman–Crippen LogP) is 1.98. The smallest absolute Gasteiger partial charge is 0.350 e. The lowest BCUT2D eigenvalue weighted by Gasteiger charge is -2.27. The van der Waals surface area contributed by atoms with E-state index in [-0.39, 0.29) is 23.9 Å². The second-order valence-corrected chi connectivity index (χ2v) is 7.40. The number of aliphatic hydroxyl groups is 1. The van der Waals surface area contributed by atoms with E-state index in [9.17, 15) is 14.7 Å². The molecular weight excluding hydrogens is 384 g/mol. The minimum atomic E-state index is -0.405. The van der Waals surface area contributed by atoms with E-state index < -0.39 is 5.69 Å². The molecule has 1 fully saturated rings. The van der Waals surface area contributed by atoms with Gasteiger partial charge in [-0.2, -0.15) is 4.68 Å². The van der Waals surface area contributed by atoms with Crippen LogP contribution in [0.15, 0.2) is 53.5 Å². The number of rotatable bonds is 6. The molecule has 0 saturated heterocycles. The summed E-state index contributed by atoms with van der Waals surface area (Å²) in [6.07, 6.45) is 5.13. The fraction of sp³-hybridized carbons (Fsp3) is 0.333. The molecule has 1 amide bonds. The predicted molar refractivity (Wildman–Crippen MR) is 112 cm³/mol. The third-order valence-corrected chi connectivity index (χ3v) is 5.29.